The van der Waals surface area contributed by atoms with E-state index in [1.165, 1.54) is 11.3 Å². The summed E-state index contributed by atoms with van der Waals surface area (Å²) in [5.41, 5.74) is 0. The Hall–Kier alpha value is 0.0500. The number of piperidine rings is 1. The maximum absolute atomic E-state index is 12.8. The number of thiophene rings is 1. The van der Waals surface area contributed by atoms with Crippen LogP contribution in [0, 0.1) is 12.8 Å². The lowest BCUT2D eigenvalue weighted by atomic mass is 9.98. The van der Waals surface area contributed by atoms with E-state index in [0.717, 1.165) is 34.6 Å². The molecule has 0 radical (unpaired) electrons. The maximum atomic E-state index is 12.8. The van der Waals surface area contributed by atoms with Gasteiger partial charge >= 0.3 is 0 Å². The molecular weight excluding hydrogens is 360 g/mol. The van der Waals surface area contributed by atoms with E-state index in [1.807, 2.05) is 13.8 Å². The summed E-state index contributed by atoms with van der Waals surface area (Å²) < 4.78 is 28.0. The van der Waals surface area contributed by atoms with Gasteiger partial charge in [0.1, 0.15) is 0 Å². The number of sulfonamides is 1. The van der Waals surface area contributed by atoms with Crippen LogP contribution in [0.5, 0.6) is 0 Å². The molecule has 1 aromatic heterocycles. The Bertz CT molecular complexity index is 551. The van der Waals surface area contributed by atoms with Crippen LogP contribution in [-0.2, 0) is 10.0 Å². The number of hydrogen-bond donors (Lipinski definition) is 1. The molecule has 1 aliphatic rings. The minimum absolute atomic E-state index is 0.449. The van der Waals surface area contributed by atoms with E-state index >= 15 is 0 Å². The van der Waals surface area contributed by atoms with Crippen LogP contribution in [0.3, 0.4) is 0 Å². The summed E-state index contributed by atoms with van der Waals surface area (Å²) in [6.07, 6.45) is 2.11. The number of aryl methyl sites for hydroxylation is 1. The number of rotatable bonds is 5. The van der Waals surface area contributed by atoms with Crippen LogP contribution in [0.15, 0.2) is 14.7 Å². The van der Waals surface area contributed by atoms with Gasteiger partial charge in [0.15, 0.2) is 0 Å². The molecule has 0 aliphatic carbocycles. The average molecular weight is 381 g/mol. The molecule has 0 saturated carbocycles. The minimum Gasteiger partial charge on any atom is -0.317 e. The van der Waals surface area contributed by atoms with Crippen molar-refractivity contribution in [3.63, 3.8) is 0 Å². The molecule has 2 heterocycles. The van der Waals surface area contributed by atoms with Crippen molar-refractivity contribution in [1.29, 1.82) is 0 Å². The third kappa shape index (κ3) is 3.62. The molecule has 0 aromatic carbocycles. The Balaban J connectivity index is 2.18. The highest BCUT2D eigenvalue weighted by Gasteiger charge is 2.29. The summed E-state index contributed by atoms with van der Waals surface area (Å²) in [7, 11) is -3.37. The zero-order valence-electron chi connectivity index (χ0n) is 11.9. The first-order valence-corrected chi connectivity index (χ1v) is 9.97. The highest BCUT2D eigenvalue weighted by atomic mass is 79.9. The smallest absolute Gasteiger partial charge is 0.244 e. The summed E-state index contributed by atoms with van der Waals surface area (Å²) in [5, 5.41) is 3.32. The largest absolute Gasteiger partial charge is 0.317 e. The van der Waals surface area contributed by atoms with E-state index < -0.39 is 10.0 Å². The molecule has 1 N–H and O–H groups in total. The van der Waals surface area contributed by atoms with E-state index in [2.05, 4.69) is 21.2 Å². The SMILES string of the molecule is CCN(CC1CCNCC1)S(=O)(=O)c1cc(Br)sc1C. The van der Waals surface area contributed by atoms with Crippen LogP contribution in [0.4, 0.5) is 0 Å². The Morgan fingerprint density at radius 3 is 2.60 bits per heavy atom. The monoisotopic (exact) mass is 380 g/mol. The molecule has 4 nitrogen and oxygen atoms in total. The maximum Gasteiger partial charge on any atom is 0.244 e. The number of nitrogens with zero attached hydrogens (tertiary/aromatic N) is 1. The van der Waals surface area contributed by atoms with Gasteiger partial charge in [0.25, 0.3) is 0 Å². The summed E-state index contributed by atoms with van der Waals surface area (Å²) in [6.45, 7) is 6.92. The van der Waals surface area contributed by atoms with Gasteiger partial charge in [0, 0.05) is 18.0 Å². The van der Waals surface area contributed by atoms with Gasteiger partial charge in [-0.1, -0.05) is 6.92 Å². The molecule has 114 valence electrons. The first kappa shape index (κ1) is 16.4. The van der Waals surface area contributed by atoms with Crippen LogP contribution in [0.25, 0.3) is 0 Å². The quantitative estimate of drug-likeness (QED) is 0.853. The predicted octanol–water partition coefficient (Wildman–Crippen LogP) is 2.83. The van der Waals surface area contributed by atoms with E-state index in [1.54, 1.807) is 10.4 Å². The molecule has 7 heteroatoms. The van der Waals surface area contributed by atoms with Gasteiger partial charge in [-0.2, -0.15) is 4.31 Å². The van der Waals surface area contributed by atoms with Crippen molar-refractivity contribution in [3.05, 3.63) is 14.7 Å². The fraction of sp³-hybridized carbons (Fsp3) is 0.692. The third-order valence-corrected chi connectivity index (χ3v) is 7.48. The number of nitrogens with one attached hydrogen (secondary N) is 1. The Kier molecular flexibility index (Phi) is 5.64. The van der Waals surface area contributed by atoms with Crippen molar-refractivity contribution >= 4 is 37.3 Å². The molecule has 1 aromatic rings. The van der Waals surface area contributed by atoms with Gasteiger partial charge in [-0.25, -0.2) is 8.42 Å². The van der Waals surface area contributed by atoms with Crippen LogP contribution >= 0.6 is 27.3 Å². The molecule has 0 amide bonds. The van der Waals surface area contributed by atoms with Gasteiger partial charge in [0.2, 0.25) is 10.0 Å². The topological polar surface area (TPSA) is 49.4 Å². The van der Waals surface area contributed by atoms with Crippen LogP contribution in [0.1, 0.15) is 24.6 Å². The predicted molar refractivity (Wildman–Crippen MR) is 86.8 cm³/mol. The second-order valence-corrected chi connectivity index (χ2v) is 9.66. The van der Waals surface area contributed by atoms with Crippen LogP contribution in [0.2, 0.25) is 0 Å². The van der Waals surface area contributed by atoms with Crippen molar-refractivity contribution in [2.24, 2.45) is 5.92 Å². The van der Waals surface area contributed by atoms with Gasteiger partial charge in [0.05, 0.1) is 8.68 Å². The average Bonchev–Trinajstić information content (AvgIpc) is 2.76. The molecule has 0 unspecified atom stereocenters. The summed E-state index contributed by atoms with van der Waals surface area (Å²) in [5.74, 6) is 0.466. The number of hydrogen-bond acceptors (Lipinski definition) is 4. The van der Waals surface area contributed by atoms with Crippen molar-refractivity contribution in [2.45, 2.75) is 31.6 Å². The Morgan fingerprint density at radius 2 is 2.10 bits per heavy atom. The molecule has 2 rings (SSSR count). The first-order valence-electron chi connectivity index (χ1n) is 6.92. The lowest BCUT2D eigenvalue weighted by Gasteiger charge is -2.28. The molecule has 1 fully saturated rings. The molecule has 1 saturated heterocycles. The van der Waals surface area contributed by atoms with Gasteiger partial charge < -0.3 is 5.32 Å². The fourth-order valence-corrected chi connectivity index (χ4v) is 6.48. The zero-order chi connectivity index (χ0) is 14.8. The third-order valence-electron chi connectivity index (χ3n) is 3.73. The highest BCUT2D eigenvalue weighted by molar-refractivity contribution is 9.11. The standard InChI is InChI=1S/C13H21BrN2O2S2/c1-3-16(9-11-4-6-15-7-5-11)20(17,18)12-8-13(14)19-10(12)2/h8,11,15H,3-7,9H2,1-2H3. The first-order chi connectivity index (χ1) is 9.45. The Labute approximate surface area is 133 Å². The van der Waals surface area contributed by atoms with E-state index in [0.29, 0.717) is 23.9 Å². The summed E-state index contributed by atoms with van der Waals surface area (Å²) in [4.78, 5) is 1.30. The van der Waals surface area contributed by atoms with Gasteiger partial charge in [-0.05, 0) is 60.8 Å². The summed E-state index contributed by atoms with van der Waals surface area (Å²) in [6, 6.07) is 1.72. The second kappa shape index (κ2) is 6.87. The lowest BCUT2D eigenvalue weighted by molar-refractivity contribution is 0.294. The van der Waals surface area contributed by atoms with E-state index in [4.69, 9.17) is 0 Å². The molecule has 1 aliphatic heterocycles. The van der Waals surface area contributed by atoms with Crippen LogP contribution in [-0.4, -0.2) is 38.9 Å². The molecule has 0 spiro atoms. The normalized spacial score (nSPS) is 17.8. The lowest BCUT2D eigenvalue weighted by Crippen LogP contribution is -2.39. The van der Waals surface area contributed by atoms with Crippen LogP contribution < -0.4 is 5.32 Å². The zero-order valence-corrected chi connectivity index (χ0v) is 15.1. The van der Waals surface area contributed by atoms with Gasteiger partial charge in [-0.15, -0.1) is 11.3 Å². The molecule has 0 bridgehead atoms. The molecular formula is C13H21BrN2O2S2. The Morgan fingerprint density at radius 1 is 1.45 bits per heavy atom. The fourth-order valence-electron chi connectivity index (χ4n) is 2.58. The summed E-state index contributed by atoms with van der Waals surface area (Å²) >= 11 is 4.84. The highest BCUT2D eigenvalue weighted by Crippen LogP contribution is 2.32. The molecule has 0 atom stereocenters. The minimum atomic E-state index is -3.37. The van der Waals surface area contributed by atoms with Crippen molar-refractivity contribution < 1.29 is 8.42 Å². The van der Waals surface area contributed by atoms with Crippen molar-refractivity contribution in [2.75, 3.05) is 26.2 Å². The van der Waals surface area contributed by atoms with Gasteiger partial charge in [-0.3, -0.25) is 0 Å². The van der Waals surface area contributed by atoms with Crippen molar-refractivity contribution in [1.82, 2.24) is 9.62 Å². The van der Waals surface area contributed by atoms with Crippen molar-refractivity contribution in [3.8, 4) is 0 Å². The van der Waals surface area contributed by atoms with E-state index in [-0.39, 0.29) is 0 Å². The number of halogens is 1. The van der Waals surface area contributed by atoms with E-state index in [9.17, 15) is 8.42 Å². The molecule has 20 heavy (non-hydrogen) atoms. The second-order valence-electron chi connectivity index (χ2n) is 5.12.